The van der Waals surface area contributed by atoms with Crippen molar-refractivity contribution in [2.24, 2.45) is 0 Å². The average Bonchev–Trinajstić information content (AvgIpc) is 3.56. The summed E-state index contributed by atoms with van der Waals surface area (Å²) in [6.07, 6.45) is 0. The Bertz CT molecular complexity index is 2530. The molecule has 0 N–H and O–H groups in total. The van der Waals surface area contributed by atoms with Crippen LogP contribution in [0, 0.1) is 0 Å². The van der Waals surface area contributed by atoms with Gasteiger partial charge in [0.2, 0.25) is 0 Å². The van der Waals surface area contributed by atoms with E-state index in [2.05, 4.69) is 187 Å². The minimum absolute atomic E-state index is 0.862. The molecular formula is C46H31NO. The molecule has 226 valence electrons. The van der Waals surface area contributed by atoms with Crippen LogP contribution in [0.1, 0.15) is 0 Å². The van der Waals surface area contributed by atoms with Gasteiger partial charge in [-0.25, -0.2) is 0 Å². The number of hydrogen-bond donors (Lipinski definition) is 0. The summed E-state index contributed by atoms with van der Waals surface area (Å²) in [7, 11) is 0. The molecule has 9 rings (SSSR count). The fraction of sp³-hybridized carbons (Fsp3) is 0. The van der Waals surface area contributed by atoms with Crippen LogP contribution in [-0.4, -0.2) is 0 Å². The number of para-hydroxylation sites is 2. The number of hydrogen-bond acceptors (Lipinski definition) is 2. The van der Waals surface area contributed by atoms with Crippen LogP contribution in [0.15, 0.2) is 192 Å². The summed E-state index contributed by atoms with van der Waals surface area (Å²) in [5.41, 5.74) is 11.9. The van der Waals surface area contributed by atoms with E-state index in [1.54, 1.807) is 0 Å². The zero-order chi connectivity index (χ0) is 31.9. The second-order valence-corrected chi connectivity index (χ2v) is 12.1. The van der Waals surface area contributed by atoms with Gasteiger partial charge in [0, 0.05) is 27.7 Å². The lowest BCUT2D eigenvalue weighted by Gasteiger charge is -2.26. The third kappa shape index (κ3) is 4.83. The fourth-order valence-electron chi connectivity index (χ4n) is 6.95. The molecule has 1 heterocycles. The van der Waals surface area contributed by atoms with Crippen molar-refractivity contribution in [1.29, 1.82) is 0 Å². The van der Waals surface area contributed by atoms with E-state index in [9.17, 15) is 0 Å². The van der Waals surface area contributed by atoms with Gasteiger partial charge in [0.1, 0.15) is 5.58 Å². The molecule has 0 radical (unpaired) electrons. The molecule has 0 saturated carbocycles. The van der Waals surface area contributed by atoms with Crippen molar-refractivity contribution in [3.05, 3.63) is 188 Å². The molecule has 0 spiro atoms. The number of rotatable bonds is 6. The minimum Gasteiger partial charge on any atom is -0.453 e. The van der Waals surface area contributed by atoms with Gasteiger partial charge in [0.05, 0.1) is 5.69 Å². The molecule has 8 aromatic carbocycles. The number of fused-ring (bicyclic) bond motifs is 4. The van der Waals surface area contributed by atoms with E-state index in [1.165, 1.54) is 33.0 Å². The second-order valence-electron chi connectivity index (χ2n) is 12.1. The largest absolute Gasteiger partial charge is 0.453 e. The van der Waals surface area contributed by atoms with E-state index >= 15 is 0 Å². The third-order valence-electron chi connectivity index (χ3n) is 9.29. The van der Waals surface area contributed by atoms with Gasteiger partial charge in [-0.05, 0) is 68.9 Å². The lowest BCUT2D eigenvalue weighted by molar-refractivity contribution is 0.670. The van der Waals surface area contributed by atoms with E-state index in [4.69, 9.17) is 4.42 Å². The highest BCUT2D eigenvalue weighted by atomic mass is 16.3. The summed E-state index contributed by atoms with van der Waals surface area (Å²) in [6, 6.07) is 66.7. The molecule has 0 aliphatic heterocycles. The lowest BCUT2D eigenvalue weighted by atomic mass is 9.98. The van der Waals surface area contributed by atoms with Gasteiger partial charge < -0.3 is 9.32 Å². The van der Waals surface area contributed by atoms with Crippen LogP contribution in [0.2, 0.25) is 0 Å². The molecule has 0 amide bonds. The Morgan fingerprint density at radius 1 is 0.312 bits per heavy atom. The molecule has 2 heteroatoms. The van der Waals surface area contributed by atoms with Crippen molar-refractivity contribution in [3.8, 4) is 33.4 Å². The standard InChI is InChI=1S/C46H31NO/c1-3-12-32(13-4-1)33-24-28-37(29-25-33)47(38-30-26-36(27-31-38)40-19-9-17-34-16-7-8-18-39(34)40)44-23-11-22-43-42-21-10-20-41(45(42)48-46(43)44)35-14-5-2-6-15-35/h1-31H. The zero-order valence-corrected chi connectivity index (χ0v) is 26.3. The second kappa shape index (κ2) is 11.8. The summed E-state index contributed by atoms with van der Waals surface area (Å²) < 4.78 is 6.89. The van der Waals surface area contributed by atoms with E-state index in [0.717, 1.165) is 50.1 Å². The van der Waals surface area contributed by atoms with E-state index in [1.807, 2.05) is 6.07 Å². The minimum atomic E-state index is 0.862. The van der Waals surface area contributed by atoms with Gasteiger partial charge in [-0.15, -0.1) is 0 Å². The molecule has 0 aliphatic carbocycles. The van der Waals surface area contributed by atoms with Crippen LogP contribution in [-0.2, 0) is 0 Å². The van der Waals surface area contributed by atoms with Crippen LogP contribution in [0.3, 0.4) is 0 Å². The molecule has 0 atom stereocenters. The molecule has 0 fully saturated rings. The van der Waals surface area contributed by atoms with E-state index in [0.29, 0.717) is 0 Å². The van der Waals surface area contributed by atoms with Crippen molar-refractivity contribution in [1.82, 2.24) is 0 Å². The lowest BCUT2D eigenvalue weighted by Crippen LogP contribution is -2.10. The highest BCUT2D eigenvalue weighted by Crippen LogP contribution is 2.44. The van der Waals surface area contributed by atoms with Crippen molar-refractivity contribution < 1.29 is 4.42 Å². The number of benzene rings is 8. The summed E-state index contributed by atoms with van der Waals surface area (Å²) in [5, 5.41) is 4.70. The molecule has 2 nitrogen and oxygen atoms in total. The topological polar surface area (TPSA) is 16.4 Å². The SMILES string of the molecule is c1ccc(-c2ccc(N(c3ccc(-c4cccc5ccccc45)cc3)c3cccc4c3oc3c(-c5ccccc5)cccc34)cc2)cc1. The number of nitrogens with zero attached hydrogens (tertiary/aromatic N) is 1. The fourth-order valence-corrected chi connectivity index (χ4v) is 6.95. The molecule has 1 aromatic heterocycles. The van der Waals surface area contributed by atoms with Crippen LogP contribution in [0.25, 0.3) is 66.1 Å². The predicted molar refractivity (Wildman–Crippen MR) is 202 cm³/mol. The van der Waals surface area contributed by atoms with Crippen LogP contribution in [0.5, 0.6) is 0 Å². The van der Waals surface area contributed by atoms with Crippen molar-refractivity contribution in [2.75, 3.05) is 4.90 Å². The molecule has 48 heavy (non-hydrogen) atoms. The van der Waals surface area contributed by atoms with E-state index in [-0.39, 0.29) is 0 Å². The molecular weight excluding hydrogens is 583 g/mol. The Morgan fingerprint density at radius 3 is 1.52 bits per heavy atom. The van der Waals surface area contributed by atoms with Crippen LogP contribution >= 0.6 is 0 Å². The Hall–Kier alpha value is -6.38. The third-order valence-corrected chi connectivity index (χ3v) is 9.29. The van der Waals surface area contributed by atoms with Gasteiger partial charge in [-0.3, -0.25) is 0 Å². The molecule has 0 aliphatic rings. The van der Waals surface area contributed by atoms with Gasteiger partial charge in [-0.2, -0.15) is 0 Å². The Balaban J connectivity index is 1.22. The first-order valence-electron chi connectivity index (χ1n) is 16.4. The Kier molecular flexibility index (Phi) is 6.84. The van der Waals surface area contributed by atoms with Gasteiger partial charge in [0.15, 0.2) is 5.58 Å². The first-order chi connectivity index (χ1) is 23.8. The first-order valence-corrected chi connectivity index (χ1v) is 16.4. The maximum absolute atomic E-state index is 6.89. The summed E-state index contributed by atoms with van der Waals surface area (Å²) >= 11 is 0. The zero-order valence-electron chi connectivity index (χ0n) is 26.3. The molecule has 0 unspecified atom stereocenters. The average molecular weight is 614 g/mol. The number of anilines is 3. The highest BCUT2D eigenvalue weighted by molar-refractivity contribution is 6.13. The number of furan rings is 1. The quantitative estimate of drug-likeness (QED) is 0.185. The van der Waals surface area contributed by atoms with E-state index < -0.39 is 0 Å². The first kappa shape index (κ1) is 27.9. The maximum Gasteiger partial charge on any atom is 0.159 e. The van der Waals surface area contributed by atoms with Crippen molar-refractivity contribution in [2.45, 2.75) is 0 Å². The highest BCUT2D eigenvalue weighted by Gasteiger charge is 2.21. The van der Waals surface area contributed by atoms with Crippen LogP contribution in [0.4, 0.5) is 17.1 Å². The molecule has 9 aromatic rings. The molecule has 0 bridgehead atoms. The molecule has 0 saturated heterocycles. The Morgan fingerprint density at radius 2 is 0.792 bits per heavy atom. The maximum atomic E-state index is 6.89. The van der Waals surface area contributed by atoms with Crippen molar-refractivity contribution >= 4 is 49.8 Å². The summed E-state index contributed by atoms with van der Waals surface area (Å²) in [4.78, 5) is 2.31. The summed E-state index contributed by atoms with van der Waals surface area (Å²) in [6.45, 7) is 0. The monoisotopic (exact) mass is 613 g/mol. The smallest absolute Gasteiger partial charge is 0.159 e. The predicted octanol–water partition coefficient (Wildman–Crippen LogP) is 13.2. The van der Waals surface area contributed by atoms with Gasteiger partial charge in [0.25, 0.3) is 0 Å². The van der Waals surface area contributed by atoms with Crippen LogP contribution < -0.4 is 4.90 Å². The normalized spacial score (nSPS) is 11.3. The summed E-state index contributed by atoms with van der Waals surface area (Å²) in [5.74, 6) is 0. The van der Waals surface area contributed by atoms with Crippen molar-refractivity contribution in [3.63, 3.8) is 0 Å². The van der Waals surface area contributed by atoms with Gasteiger partial charge in [-0.1, -0.05) is 158 Å². The van der Waals surface area contributed by atoms with Gasteiger partial charge >= 0.3 is 0 Å². The Labute approximate surface area is 279 Å².